The van der Waals surface area contributed by atoms with Gasteiger partial charge in [-0.15, -0.1) is 0 Å². The normalized spacial score (nSPS) is 17.8. The standard InChI is InChI=1S/C20H25N5O/c1-15-12-23(2)20(22-15)16-6-5-10-24(13-16)19(26)9-11-25-14-21-17-7-3-4-8-18(17)25/h3-4,7-8,12,14,16H,5-6,9-11,13H2,1-2H3/t16-/m1/s1. The topological polar surface area (TPSA) is 56.0 Å². The Morgan fingerprint density at radius 2 is 2.15 bits per heavy atom. The minimum atomic E-state index is 0.221. The minimum Gasteiger partial charge on any atom is -0.342 e. The van der Waals surface area contributed by atoms with E-state index in [0.717, 1.165) is 48.5 Å². The van der Waals surface area contributed by atoms with Crippen LogP contribution in [0.3, 0.4) is 0 Å². The van der Waals surface area contributed by atoms with Crippen LogP contribution >= 0.6 is 0 Å². The minimum absolute atomic E-state index is 0.221. The quantitative estimate of drug-likeness (QED) is 0.726. The number of rotatable bonds is 4. The van der Waals surface area contributed by atoms with Crippen LogP contribution in [0.15, 0.2) is 36.8 Å². The third-order valence-corrected chi connectivity index (χ3v) is 5.27. The number of carbonyl (C=O) groups excluding carboxylic acids is 1. The molecule has 1 aliphatic rings. The molecule has 136 valence electrons. The lowest BCUT2D eigenvalue weighted by Crippen LogP contribution is -2.40. The first-order valence-corrected chi connectivity index (χ1v) is 9.29. The first-order chi connectivity index (χ1) is 12.6. The predicted octanol–water partition coefficient (Wildman–Crippen LogP) is 2.87. The molecule has 1 amide bonds. The van der Waals surface area contributed by atoms with E-state index >= 15 is 0 Å². The second kappa shape index (κ2) is 6.94. The number of nitrogens with zero attached hydrogens (tertiary/aromatic N) is 5. The Hall–Kier alpha value is -2.63. The average Bonchev–Trinajstić information content (AvgIpc) is 3.22. The van der Waals surface area contributed by atoms with Gasteiger partial charge in [-0.3, -0.25) is 4.79 Å². The van der Waals surface area contributed by atoms with E-state index in [-0.39, 0.29) is 5.91 Å². The number of piperidine rings is 1. The summed E-state index contributed by atoms with van der Waals surface area (Å²) in [5.74, 6) is 1.65. The van der Waals surface area contributed by atoms with Crippen LogP contribution in [-0.4, -0.2) is 43.0 Å². The van der Waals surface area contributed by atoms with Crippen LogP contribution in [-0.2, 0) is 18.4 Å². The number of imidazole rings is 2. The largest absolute Gasteiger partial charge is 0.342 e. The highest BCUT2D eigenvalue weighted by Crippen LogP contribution is 2.26. The molecule has 3 heterocycles. The maximum atomic E-state index is 12.8. The highest BCUT2D eigenvalue weighted by molar-refractivity contribution is 5.77. The molecular formula is C20H25N5O. The predicted molar refractivity (Wildman–Crippen MR) is 101 cm³/mol. The molecule has 4 rings (SSSR count). The van der Waals surface area contributed by atoms with E-state index in [4.69, 9.17) is 0 Å². The highest BCUT2D eigenvalue weighted by atomic mass is 16.2. The molecular weight excluding hydrogens is 326 g/mol. The van der Waals surface area contributed by atoms with Crippen molar-refractivity contribution in [3.05, 3.63) is 48.3 Å². The Bertz CT molecular complexity index is 925. The zero-order valence-electron chi connectivity index (χ0n) is 15.4. The van der Waals surface area contributed by atoms with Gasteiger partial charge in [-0.2, -0.15) is 0 Å². The molecule has 6 heteroatoms. The fourth-order valence-electron chi connectivity index (χ4n) is 3.99. The van der Waals surface area contributed by atoms with Gasteiger partial charge >= 0.3 is 0 Å². The van der Waals surface area contributed by atoms with E-state index < -0.39 is 0 Å². The smallest absolute Gasteiger partial charge is 0.224 e. The number of fused-ring (bicyclic) bond motifs is 1. The van der Waals surface area contributed by atoms with Crippen molar-refractivity contribution in [3.8, 4) is 0 Å². The molecule has 0 spiro atoms. The van der Waals surface area contributed by atoms with Crippen LogP contribution in [0.4, 0.5) is 0 Å². The Morgan fingerprint density at radius 3 is 2.96 bits per heavy atom. The van der Waals surface area contributed by atoms with Gasteiger partial charge in [0.2, 0.25) is 5.91 Å². The first-order valence-electron chi connectivity index (χ1n) is 9.29. The van der Waals surface area contributed by atoms with Crippen molar-refractivity contribution >= 4 is 16.9 Å². The molecule has 1 aliphatic heterocycles. The molecule has 0 N–H and O–H groups in total. The molecule has 6 nitrogen and oxygen atoms in total. The number of aromatic nitrogens is 4. The number of amides is 1. The van der Waals surface area contributed by atoms with E-state index in [0.29, 0.717) is 18.9 Å². The van der Waals surface area contributed by atoms with Crippen LogP contribution in [0.25, 0.3) is 11.0 Å². The Morgan fingerprint density at radius 1 is 1.31 bits per heavy atom. The molecule has 1 saturated heterocycles. The molecule has 2 aromatic heterocycles. The molecule has 0 unspecified atom stereocenters. The Labute approximate surface area is 153 Å². The molecule has 0 saturated carbocycles. The van der Waals surface area contributed by atoms with Crippen LogP contribution < -0.4 is 0 Å². The summed E-state index contributed by atoms with van der Waals surface area (Å²) in [6, 6.07) is 8.04. The second-order valence-corrected chi connectivity index (χ2v) is 7.21. The third kappa shape index (κ3) is 3.23. The summed E-state index contributed by atoms with van der Waals surface area (Å²) >= 11 is 0. The monoisotopic (exact) mass is 351 g/mol. The summed E-state index contributed by atoms with van der Waals surface area (Å²) in [5, 5.41) is 0. The van der Waals surface area contributed by atoms with Gasteiger partial charge in [0.05, 0.1) is 23.1 Å². The van der Waals surface area contributed by atoms with Crippen molar-refractivity contribution in [2.45, 2.75) is 38.6 Å². The van der Waals surface area contributed by atoms with Crippen molar-refractivity contribution in [3.63, 3.8) is 0 Å². The fraction of sp³-hybridized carbons (Fsp3) is 0.450. The van der Waals surface area contributed by atoms with Crippen LogP contribution in [0.2, 0.25) is 0 Å². The number of hydrogen-bond donors (Lipinski definition) is 0. The Kier molecular flexibility index (Phi) is 4.49. The van der Waals surface area contributed by atoms with Gasteiger partial charge in [0.15, 0.2) is 0 Å². The maximum Gasteiger partial charge on any atom is 0.224 e. The number of hydrogen-bond acceptors (Lipinski definition) is 3. The van der Waals surface area contributed by atoms with Gasteiger partial charge in [-0.05, 0) is 31.9 Å². The zero-order valence-corrected chi connectivity index (χ0v) is 15.4. The van der Waals surface area contributed by atoms with Gasteiger partial charge < -0.3 is 14.0 Å². The van der Waals surface area contributed by atoms with Gasteiger partial charge in [-0.25, -0.2) is 9.97 Å². The summed E-state index contributed by atoms with van der Waals surface area (Å²) in [6.45, 7) is 4.31. The molecule has 0 aliphatic carbocycles. The van der Waals surface area contributed by atoms with E-state index in [1.807, 2.05) is 49.5 Å². The van der Waals surface area contributed by atoms with Crippen molar-refractivity contribution in [2.75, 3.05) is 13.1 Å². The molecule has 0 bridgehead atoms. The van der Waals surface area contributed by atoms with Gasteiger partial charge in [0.25, 0.3) is 0 Å². The van der Waals surface area contributed by atoms with E-state index in [9.17, 15) is 4.79 Å². The summed E-state index contributed by atoms with van der Waals surface area (Å²) in [6.07, 6.45) is 6.52. The lowest BCUT2D eigenvalue weighted by atomic mass is 9.97. The maximum absolute atomic E-state index is 12.8. The van der Waals surface area contributed by atoms with E-state index in [2.05, 4.69) is 25.3 Å². The number of likely N-dealkylation sites (tertiary alicyclic amines) is 1. The fourth-order valence-corrected chi connectivity index (χ4v) is 3.99. The number of para-hydroxylation sites is 2. The second-order valence-electron chi connectivity index (χ2n) is 7.21. The summed E-state index contributed by atoms with van der Waals surface area (Å²) in [4.78, 5) is 23.8. The average molecular weight is 351 g/mol. The van der Waals surface area contributed by atoms with Crippen LogP contribution in [0.1, 0.15) is 36.7 Å². The van der Waals surface area contributed by atoms with Crippen LogP contribution in [0, 0.1) is 6.92 Å². The summed E-state index contributed by atoms with van der Waals surface area (Å²) in [5.41, 5.74) is 3.10. The molecule has 3 aromatic rings. The highest BCUT2D eigenvalue weighted by Gasteiger charge is 2.27. The van der Waals surface area contributed by atoms with Gasteiger partial charge in [0.1, 0.15) is 5.82 Å². The lowest BCUT2D eigenvalue weighted by molar-refractivity contribution is -0.132. The van der Waals surface area contributed by atoms with Gasteiger partial charge in [-0.1, -0.05) is 12.1 Å². The van der Waals surface area contributed by atoms with Crippen molar-refractivity contribution in [2.24, 2.45) is 7.05 Å². The zero-order chi connectivity index (χ0) is 18.1. The van der Waals surface area contributed by atoms with Crippen molar-refractivity contribution < 1.29 is 4.79 Å². The lowest BCUT2D eigenvalue weighted by Gasteiger charge is -2.32. The molecule has 1 fully saturated rings. The molecule has 1 atom stereocenters. The molecule has 0 radical (unpaired) electrons. The van der Waals surface area contributed by atoms with Crippen molar-refractivity contribution in [1.82, 2.24) is 24.0 Å². The van der Waals surface area contributed by atoms with Crippen molar-refractivity contribution in [1.29, 1.82) is 0 Å². The van der Waals surface area contributed by atoms with Crippen LogP contribution in [0.5, 0.6) is 0 Å². The third-order valence-electron chi connectivity index (χ3n) is 5.27. The molecule has 1 aromatic carbocycles. The SMILES string of the molecule is Cc1cn(C)c([C@@H]2CCCN(C(=O)CCn3cnc4ccccc43)C2)n1. The number of aryl methyl sites for hydroxylation is 3. The van der Waals surface area contributed by atoms with E-state index in [1.165, 1.54) is 0 Å². The first kappa shape index (κ1) is 16.8. The Balaban J connectivity index is 1.40. The van der Waals surface area contributed by atoms with E-state index in [1.54, 1.807) is 0 Å². The number of carbonyl (C=O) groups is 1. The summed E-state index contributed by atoms with van der Waals surface area (Å²) < 4.78 is 4.17. The van der Waals surface area contributed by atoms with Gasteiger partial charge in [0, 0.05) is 45.2 Å². The number of benzene rings is 1. The molecule has 26 heavy (non-hydrogen) atoms. The summed E-state index contributed by atoms with van der Waals surface area (Å²) in [7, 11) is 2.04.